The van der Waals surface area contributed by atoms with Gasteiger partial charge >= 0.3 is 17.1 Å². The zero-order valence-electron chi connectivity index (χ0n) is 5.12. The van der Waals surface area contributed by atoms with E-state index in [2.05, 4.69) is 4.74 Å². The third kappa shape index (κ3) is 9.37. The average molecular weight is 165 g/mol. The second-order valence-electron chi connectivity index (χ2n) is 2.30. The van der Waals surface area contributed by atoms with Crippen molar-refractivity contribution in [1.82, 2.24) is 0 Å². The van der Waals surface area contributed by atoms with E-state index < -0.39 is 0 Å². The third-order valence-corrected chi connectivity index (χ3v) is 0.348. The Bertz CT molecular complexity index is 65.3. The first-order chi connectivity index (χ1) is 3.06. The molecule has 0 N–H and O–H groups in total. The molecular weight excluding hydrogens is 156 g/mol. The molecular formula is C5H9CuO2+. The molecule has 0 aromatic rings. The van der Waals surface area contributed by atoms with Crippen LogP contribution in [0.4, 0.5) is 0 Å². The summed E-state index contributed by atoms with van der Waals surface area (Å²) in [5, 5.41) is 0. The van der Waals surface area contributed by atoms with Gasteiger partial charge in [0.05, 0.1) is 5.60 Å². The van der Waals surface area contributed by atoms with Gasteiger partial charge in [-0.1, -0.05) is 6.47 Å². The third-order valence-electron chi connectivity index (χ3n) is 0.348. The van der Waals surface area contributed by atoms with Crippen LogP contribution in [0.3, 0.4) is 0 Å². The molecule has 8 heavy (non-hydrogen) atoms. The van der Waals surface area contributed by atoms with Gasteiger partial charge < -0.3 is 9.53 Å². The van der Waals surface area contributed by atoms with Crippen LogP contribution in [0.2, 0.25) is 0 Å². The molecule has 0 aliphatic carbocycles. The molecule has 0 bridgehead atoms. The summed E-state index contributed by atoms with van der Waals surface area (Å²) in [4.78, 5) is 9.47. The molecule has 0 saturated carbocycles. The molecule has 3 heteroatoms. The van der Waals surface area contributed by atoms with Crippen molar-refractivity contribution in [2.24, 2.45) is 0 Å². The molecule has 1 radical (unpaired) electrons. The normalized spacial score (nSPS) is 9.38. The quantitative estimate of drug-likeness (QED) is 0.425. The van der Waals surface area contributed by atoms with Gasteiger partial charge in [0.25, 0.3) is 0 Å². The Labute approximate surface area is 60.1 Å². The van der Waals surface area contributed by atoms with Crippen LogP contribution in [0.15, 0.2) is 0 Å². The smallest absolute Gasteiger partial charge is 0.649 e. The minimum absolute atomic E-state index is 0. The average Bonchev–Trinajstić information content (AvgIpc) is 1.30. The van der Waals surface area contributed by atoms with Gasteiger partial charge in [0, 0.05) is 0 Å². The fourth-order valence-corrected chi connectivity index (χ4v) is 0.125. The molecule has 0 saturated heterocycles. The monoisotopic (exact) mass is 164 g/mol. The summed E-state index contributed by atoms with van der Waals surface area (Å²) >= 11 is 0. The van der Waals surface area contributed by atoms with E-state index in [1.54, 1.807) is 20.8 Å². The summed E-state index contributed by atoms with van der Waals surface area (Å²) in [7, 11) is 0. The van der Waals surface area contributed by atoms with E-state index in [4.69, 9.17) is 0 Å². The van der Waals surface area contributed by atoms with Crippen LogP contribution in [0.5, 0.6) is 0 Å². The van der Waals surface area contributed by atoms with E-state index in [0.29, 0.717) is 0 Å². The Kier molecular flexibility index (Phi) is 5.34. The first-order valence-corrected chi connectivity index (χ1v) is 2.11. The second-order valence-corrected chi connectivity index (χ2v) is 2.30. The van der Waals surface area contributed by atoms with E-state index in [1.165, 1.54) is 6.47 Å². The number of carbonyl (C=O) groups excluding carboxylic acids is 1. The van der Waals surface area contributed by atoms with E-state index in [-0.39, 0.29) is 22.7 Å². The summed E-state index contributed by atoms with van der Waals surface area (Å²) in [5.74, 6) is 0. The summed E-state index contributed by atoms with van der Waals surface area (Å²) in [5.41, 5.74) is -0.373. The topological polar surface area (TPSA) is 26.3 Å². The SMILES string of the molecule is CC(C)(C)O[C-]=O.[Cu+2]. The summed E-state index contributed by atoms with van der Waals surface area (Å²) in [6.07, 6.45) is 0. The Morgan fingerprint density at radius 2 is 1.75 bits per heavy atom. The second kappa shape index (κ2) is 3.93. The van der Waals surface area contributed by atoms with Crippen LogP contribution in [-0.2, 0) is 26.6 Å². The molecule has 0 fully saturated rings. The van der Waals surface area contributed by atoms with Crippen molar-refractivity contribution in [2.45, 2.75) is 26.4 Å². The van der Waals surface area contributed by atoms with Crippen LogP contribution in [-0.4, -0.2) is 12.1 Å². The maximum absolute atomic E-state index is 9.47. The Morgan fingerprint density at radius 3 is 1.75 bits per heavy atom. The molecule has 0 heterocycles. The standard InChI is InChI=1S/C5H9O2.Cu/c1-5(2,3)7-4-6;/h1-3H3;/q-1;+2. The van der Waals surface area contributed by atoms with Gasteiger partial charge in [0.15, 0.2) is 0 Å². The Morgan fingerprint density at radius 1 is 1.38 bits per heavy atom. The molecule has 0 aliphatic heterocycles. The molecule has 0 unspecified atom stereocenters. The van der Waals surface area contributed by atoms with E-state index in [9.17, 15) is 4.79 Å². The largest absolute Gasteiger partial charge is 2.00 e. The van der Waals surface area contributed by atoms with E-state index in [1.807, 2.05) is 0 Å². The number of hydrogen-bond donors (Lipinski definition) is 0. The van der Waals surface area contributed by atoms with Crippen LogP contribution < -0.4 is 0 Å². The van der Waals surface area contributed by atoms with Crippen molar-refractivity contribution in [3.8, 4) is 0 Å². The molecule has 0 aromatic carbocycles. The maximum atomic E-state index is 9.47. The minimum atomic E-state index is -0.373. The zero-order valence-corrected chi connectivity index (χ0v) is 6.06. The fraction of sp³-hybridized carbons (Fsp3) is 0.800. The molecule has 51 valence electrons. The molecule has 0 aliphatic rings. The predicted octanol–water partition coefficient (Wildman–Crippen LogP) is 0.866. The van der Waals surface area contributed by atoms with Gasteiger partial charge in [0.1, 0.15) is 0 Å². The van der Waals surface area contributed by atoms with E-state index in [0.717, 1.165) is 0 Å². The predicted molar refractivity (Wildman–Crippen MR) is 26.5 cm³/mol. The summed E-state index contributed by atoms with van der Waals surface area (Å²) < 4.78 is 4.42. The van der Waals surface area contributed by atoms with Crippen molar-refractivity contribution in [2.75, 3.05) is 0 Å². The fourth-order valence-electron chi connectivity index (χ4n) is 0.125. The Balaban J connectivity index is 0. The van der Waals surface area contributed by atoms with Gasteiger partial charge in [-0.3, -0.25) is 0 Å². The number of rotatable bonds is 1. The minimum Gasteiger partial charge on any atom is -0.649 e. The van der Waals surface area contributed by atoms with Gasteiger partial charge in [-0.05, 0) is 20.8 Å². The maximum Gasteiger partial charge on any atom is 2.00 e. The molecule has 0 spiro atoms. The van der Waals surface area contributed by atoms with Crippen molar-refractivity contribution in [3.63, 3.8) is 0 Å². The van der Waals surface area contributed by atoms with Crippen molar-refractivity contribution in [1.29, 1.82) is 0 Å². The van der Waals surface area contributed by atoms with Gasteiger partial charge in [-0.15, -0.1) is 0 Å². The molecule has 0 amide bonds. The van der Waals surface area contributed by atoms with Crippen LogP contribution in [0.1, 0.15) is 20.8 Å². The van der Waals surface area contributed by atoms with Gasteiger partial charge in [-0.25, -0.2) is 0 Å². The van der Waals surface area contributed by atoms with Crippen LogP contribution in [0.25, 0.3) is 0 Å². The van der Waals surface area contributed by atoms with Crippen LogP contribution >= 0.6 is 0 Å². The Hall–Kier alpha value is -0.0105. The summed E-state index contributed by atoms with van der Waals surface area (Å²) in [6, 6.07) is 0. The van der Waals surface area contributed by atoms with Gasteiger partial charge in [0.2, 0.25) is 0 Å². The summed E-state index contributed by atoms with van der Waals surface area (Å²) in [6.45, 7) is 6.73. The van der Waals surface area contributed by atoms with Crippen molar-refractivity contribution >= 4 is 6.47 Å². The molecule has 0 rings (SSSR count). The van der Waals surface area contributed by atoms with Crippen molar-refractivity contribution < 1.29 is 26.6 Å². The number of ether oxygens (including phenoxy) is 1. The number of hydrogen-bond acceptors (Lipinski definition) is 2. The van der Waals surface area contributed by atoms with E-state index >= 15 is 0 Å². The first kappa shape index (κ1) is 10.9. The molecule has 0 atom stereocenters. The van der Waals surface area contributed by atoms with Gasteiger partial charge in [-0.2, -0.15) is 0 Å². The molecule has 2 nitrogen and oxygen atoms in total. The van der Waals surface area contributed by atoms with Crippen LogP contribution in [0, 0.1) is 0 Å². The first-order valence-electron chi connectivity index (χ1n) is 2.11. The zero-order chi connectivity index (χ0) is 5.91. The van der Waals surface area contributed by atoms with Crippen molar-refractivity contribution in [3.05, 3.63) is 0 Å². The molecule has 0 aromatic heterocycles.